The van der Waals surface area contributed by atoms with Gasteiger partial charge in [0.1, 0.15) is 0 Å². The van der Waals surface area contributed by atoms with Crippen LogP contribution in [0, 0.1) is 0 Å². The maximum atomic E-state index is 11.4. The zero-order valence-corrected chi connectivity index (χ0v) is 14.7. The predicted molar refractivity (Wildman–Crippen MR) is 86.4 cm³/mol. The Bertz CT molecular complexity index is 420. The van der Waals surface area contributed by atoms with Crippen LogP contribution in [-0.4, -0.2) is 41.8 Å². The van der Waals surface area contributed by atoms with Crippen LogP contribution in [0.4, 0.5) is 0 Å². The number of carbonyl (C=O) groups is 2. The molecular weight excluding hydrogens is 297 g/mol. The molecule has 0 spiro atoms. The Kier molecular flexibility index (Phi) is 5.86. The van der Waals surface area contributed by atoms with E-state index >= 15 is 0 Å². The summed E-state index contributed by atoms with van der Waals surface area (Å²) in [6.45, 7) is 8.65. The van der Waals surface area contributed by atoms with Gasteiger partial charge in [-0.15, -0.1) is 0 Å². The quantitative estimate of drug-likeness (QED) is 0.390. The SMILES string of the molecule is CC1(C)OB(CCCCCCON2C(=O)CCC2=O)OC1(C)C. The Balaban J connectivity index is 1.52. The van der Waals surface area contributed by atoms with Crippen LogP contribution in [0.25, 0.3) is 0 Å². The van der Waals surface area contributed by atoms with E-state index in [0.717, 1.165) is 37.1 Å². The van der Waals surface area contributed by atoms with Crippen LogP contribution in [0.1, 0.15) is 66.2 Å². The fourth-order valence-corrected chi connectivity index (χ4v) is 2.71. The van der Waals surface area contributed by atoms with Crippen LogP contribution in [0.15, 0.2) is 0 Å². The smallest absolute Gasteiger partial charge is 0.403 e. The molecule has 0 bridgehead atoms. The first-order valence-electron chi connectivity index (χ1n) is 8.57. The van der Waals surface area contributed by atoms with Crippen molar-refractivity contribution >= 4 is 18.9 Å². The largest absolute Gasteiger partial charge is 0.457 e. The standard InChI is InChI=1S/C16H28BNO5/c1-15(2)16(3,4)23-17(22-15)11-7-5-6-8-12-21-18-13(19)9-10-14(18)20/h5-12H2,1-4H3. The lowest BCUT2D eigenvalue weighted by atomic mass is 9.82. The molecular formula is C16H28BNO5. The van der Waals surface area contributed by atoms with Crippen molar-refractivity contribution in [1.82, 2.24) is 5.06 Å². The summed E-state index contributed by atoms with van der Waals surface area (Å²) < 4.78 is 11.9. The number of hydrogen-bond acceptors (Lipinski definition) is 5. The van der Waals surface area contributed by atoms with Crippen LogP contribution in [0.2, 0.25) is 6.32 Å². The van der Waals surface area contributed by atoms with E-state index in [-0.39, 0.29) is 43.0 Å². The van der Waals surface area contributed by atoms with Gasteiger partial charge in [0, 0.05) is 12.8 Å². The zero-order valence-electron chi connectivity index (χ0n) is 14.7. The Morgan fingerprint density at radius 2 is 1.48 bits per heavy atom. The molecule has 23 heavy (non-hydrogen) atoms. The molecule has 0 radical (unpaired) electrons. The lowest BCUT2D eigenvalue weighted by Crippen LogP contribution is -2.41. The number of nitrogens with zero attached hydrogens (tertiary/aromatic N) is 1. The number of rotatable bonds is 8. The molecule has 0 aromatic heterocycles. The second-order valence-electron chi connectivity index (χ2n) is 7.30. The number of amides is 2. The van der Waals surface area contributed by atoms with Gasteiger partial charge in [-0.3, -0.25) is 14.4 Å². The average Bonchev–Trinajstić information content (AvgIpc) is 2.86. The van der Waals surface area contributed by atoms with E-state index in [2.05, 4.69) is 27.7 Å². The summed E-state index contributed by atoms with van der Waals surface area (Å²) in [4.78, 5) is 28.0. The van der Waals surface area contributed by atoms with Crippen molar-refractivity contribution in [3.05, 3.63) is 0 Å². The molecule has 2 rings (SSSR count). The van der Waals surface area contributed by atoms with Crippen LogP contribution in [0.5, 0.6) is 0 Å². The first-order valence-corrected chi connectivity index (χ1v) is 8.57. The van der Waals surface area contributed by atoms with Gasteiger partial charge < -0.3 is 9.31 Å². The van der Waals surface area contributed by atoms with Gasteiger partial charge in [-0.05, 0) is 40.4 Å². The van der Waals surface area contributed by atoms with Crippen molar-refractivity contribution in [2.45, 2.75) is 83.7 Å². The minimum atomic E-state index is -0.264. The molecule has 2 aliphatic rings. The zero-order chi connectivity index (χ0) is 17.1. The number of imide groups is 1. The highest BCUT2D eigenvalue weighted by molar-refractivity contribution is 6.45. The van der Waals surface area contributed by atoms with E-state index in [9.17, 15) is 9.59 Å². The van der Waals surface area contributed by atoms with Crippen molar-refractivity contribution in [3.8, 4) is 0 Å². The van der Waals surface area contributed by atoms with Crippen molar-refractivity contribution in [3.63, 3.8) is 0 Å². The summed E-state index contributed by atoms with van der Waals surface area (Å²) in [5.41, 5.74) is -0.527. The van der Waals surface area contributed by atoms with Crippen molar-refractivity contribution < 1.29 is 23.7 Å². The fourth-order valence-electron chi connectivity index (χ4n) is 2.71. The molecule has 2 heterocycles. The van der Waals surface area contributed by atoms with Crippen LogP contribution in [-0.2, 0) is 23.7 Å². The fraction of sp³-hybridized carbons (Fsp3) is 0.875. The van der Waals surface area contributed by atoms with Gasteiger partial charge in [0.05, 0.1) is 17.8 Å². The second kappa shape index (κ2) is 7.32. The first-order chi connectivity index (χ1) is 10.7. The highest BCUT2D eigenvalue weighted by Gasteiger charge is 2.50. The Morgan fingerprint density at radius 1 is 0.957 bits per heavy atom. The van der Waals surface area contributed by atoms with Crippen molar-refractivity contribution in [2.24, 2.45) is 0 Å². The minimum absolute atomic E-state index is 0.129. The molecule has 0 atom stereocenters. The Labute approximate surface area is 138 Å². The van der Waals surface area contributed by atoms with E-state index in [1.165, 1.54) is 0 Å². The number of unbranched alkanes of at least 4 members (excludes halogenated alkanes) is 3. The lowest BCUT2D eigenvalue weighted by Gasteiger charge is -2.32. The van der Waals surface area contributed by atoms with Crippen LogP contribution >= 0.6 is 0 Å². The Hall–Kier alpha value is -0.915. The van der Waals surface area contributed by atoms with Gasteiger partial charge in [-0.25, -0.2) is 0 Å². The molecule has 2 saturated heterocycles. The first kappa shape index (κ1) is 18.4. The summed E-state index contributed by atoms with van der Waals surface area (Å²) in [7, 11) is -0.129. The maximum absolute atomic E-state index is 11.4. The van der Waals surface area contributed by atoms with Crippen molar-refractivity contribution in [1.29, 1.82) is 0 Å². The van der Waals surface area contributed by atoms with Gasteiger partial charge >= 0.3 is 7.12 Å². The third-order valence-electron chi connectivity index (χ3n) is 4.86. The van der Waals surface area contributed by atoms with Crippen molar-refractivity contribution in [2.75, 3.05) is 6.61 Å². The monoisotopic (exact) mass is 325 g/mol. The molecule has 0 aromatic carbocycles. The molecule has 0 unspecified atom stereocenters. The third kappa shape index (κ3) is 4.55. The number of hydroxylamine groups is 2. The lowest BCUT2D eigenvalue weighted by molar-refractivity contribution is -0.187. The van der Waals surface area contributed by atoms with Gasteiger partial charge in [0.15, 0.2) is 0 Å². The van der Waals surface area contributed by atoms with E-state index in [4.69, 9.17) is 14.1 Å². The summed E-state index contributed by atoms with van der Waals surface area (Å²) >= 11 is 0. The van der Waals surface area contributed by atoms with Gasteiger partial charge in [-0.1, -0.05) is 19.3 Å². The van der Waals surface area contributed by atoms with E-state index in [1.807, 2.05) is 0 Å². The highest BCUT2D eigenvalue weighted by atomic mass is 16.7. The normalized spacial score (nSPS) is 23.1. The molecule has 6 nitrogen and oxygen atoms in total. The summed E-state index contributed by atoms with van der Waals surface area (Å²) in [5, 5.41) is 0.921. The molecule has 7 heteroatoms. The highest BCUT2D eigenvalue weighted by Crippen LogP contribution is 2.38. The van der Waals surface area contributed by atoms with E-state index in [0.29, 0.717) is 6.61 Å². The Morgan fingerprint density at radius 3 is 2.04 bits per heavy atom. The minimum Gasteiger partial charge on any atom is -0.403 e. The molecule has 2 aliphatic heterocycles. The van der Waals surface area contributed by atoms with Crippen LogP contribution < -0.4 is 0 Å². The molecule has 130 valence electrons. The predicted octanol–water partition coefficient (Wildman–Crippen LogP) is 2.72. The summed E-state index contributed by atoms with van der Waals surface area (Å²) in [6, 6.07) is 0. The van der Waals surface area contributed by atoms with Gasteiger partial charge in [0.2, 0.25) is 0 Å². The molecule has 0 aliphatic carbocycles. The summed E-state index contributed by atoms with van der Waals surface area (Å²) in [6.07, 6.45) is 5.33. The molecule has 0 N–H and O–H groups in total. The van der Waals surface area contributed by atoms with Crippen LogP contribution in [0.3, 0.4) is 0 Å². The number of hydrogen-bond donors (Lipinski definition) is 0. The number of carbonyl (C=O) groups excluding carboxylic acids is 2. The van der Waals surface area contributed by atoms with Gasteiger partial charge in [0.25, 0.3) is 11.8 Å². The molecule has 2 fully saturated rings. The molecule has 0 saturated carbocycles. The van der Waals surface area contributed by atoms with E-state index in [1.54, 1.807) is 0 Å². The topological polar surface area (TPSA) is 65.1 Å². The molecule has 2 amide bonds. The average molecular weight is 325 g/mol. The van der Waals surface area contributed by atoms with Gasteiger partial charge in [-0.2, -0.15) is 5.06 Å². The summed E-state index contributed by atoms with van der Waals surface area (Å²) in [5.74, 6) is -0.452. The second-order valence-corrected chi connectivity index (χ2v) is 7.30. The van der Waals surface area contributed by atoms with E-state index < -0.39 is 0 Å². The third-order valence-corrected chi connectivity index (χ3v) is 4.86. The maximum Gasteiger partial charge on any atom is 0.457 e. The molecule has 0 aromatic rings.